The van der Waals surface area contributed by atoms with Crippen molar-refractivity contribution in [3.63, 3.8) is 0 Å². The summed E-state index contributed by atoms with van der Waals surface area (Å²) in [5, 5.41) is 9.08. The van der Waals surface area contributed by atoms with Crippen LogP contribution in [0.15, 0.2) is 29.1 Å². The van der Waals surface area contributed by atoms with Crippen LogP contribution in [0.5, 0.6) is 0 Å². The van der Waals surface area contributed by atoms with E-state index in [0.717, 1.165) is 4.88 Å². The average Bonchev–Trinajstić information content (AvgIpc) is 2.90. The monoisotopic (exact) mass is 302 g/mol. The van der Waals surface area contributed by atoms with Gasteiger partial charge in [0.2, 0.25) is 0 Å². The zero-order valence-electron chi connectivity index (χ0n) is 11.6. The fourth-order valence-corrected chi connectivity index (χ4v) is 3.37. The number of aryl methyl sites for hydroxylation is 2. The largest absolute Gasteiger partial charge is 0.478 e. The molecular weight excluding hydrogens is 288 g/mol. The van der Waals surface area contributed by atoms with Gasteiger partial charge in [-0.25, -0.2) is 9.59 Å². The van der Waals surface area contributed by atoms with Crippen molar-refractivity contribution in [3.8, 4) is 0 Å². The van der Waals surface area contributed by atoms with Gasteiger partial charge in [-0.3, -0.25) is 4.57 Å². The molecule has 3 rings (SSSR count). The van der Waals surface area contributed by atoms with Crippen LogP contribution in [0.25, 0.3) is 11.0 Å². The molecule has 0 aliphatic rings. The Morgan fingerprint density at radius 1 is 1.33 bits per heavy atom. The van der Waals surface area contributed by atoms with Crippen molar-refractivity contribution in [2.24, 2.45) is 0 Å². The van der Waals surface area contributed by atoms with Crippen LogP contribution in [0.1, 0.15) is 25.7 Å². The van der Waals surface area contributed by atoms with Crippen LogP contribution in [0, 0.1) is 13.8 Å². The summed E-state index contributed by atoms with van der Waals surface area (Å²) in [6.45, 7) is 4.53. The van der Waals surface area contributed by atoms with Gasteiger partial charge in [0.05, 0.1) is 23.1 Å². The van der Waals surface area contributed by atoms with Crippen molar-refractivity contribution in [2.75, 3.05) is 0 Å². The van der Waals surface area contributed by atoms with Gasteiger partial charge in [0.1, 0.15) is 0 Å². The van der Waals surface area contributed by atoms with E-state index in [9.17, 15) is 9.59 Å². The summed E-state index contributed by atoms with van der Waals surface area (Å²) in [5.74, 6) is -1.00. The van der Waals surface area contributed by atoms with Gasteiger partial charge in [-0.2, -0.15) is 0 Å². The number of fused-ring (bicyclic) bond motifs is 1. The molecule has 108 valence electrons. The molecule has 0 aliphatic heterocycles. The van der Waals surface area contributed by atoms with E-state index in [1.165, 1.54) is 22.6 Å². The van der Waals surface area contributed by atoms with E-state index in [0.29, 0.717) is 17.6 Å². The molecule has 0 fully saturated rings. The third-order valence-electron chi connectivity index (χ3n) is 3.55. The zero-order valence-corrected chi connectivity index (χ0v) is 12.5. The normalized spacial score (nSPS) is 11.1. The van der Waals surface area contributed by atoms with E-state index in [2.05, 4.69) is 11.1 Å². The predicted molar refractivity (Wildman–Crippen MR) is 82.4 cm³/mol. The Balaban J connectivity index is 2.12. The summed E-state index contributed by atoms with van der Waals surface area (Å²) in [5.41, 5.74) is 2.41. The Morgan fingerprint density at radius 3 is 2.71 bits per heavy atom. The molecule has 0 unspecified atom stereocenters. The van der Waals surface area contributed by atoms with Gasteiger partial charge in [0.25, 0.3) is 0 Å². The third kappa shape index (κ3) is 2.38. The van der Waals surface area contributed by atoms with E-state index < -0.39 is 5.97 Å². The number of benzene rings is 1. The van der Waals surface area contributed by atoms with Crippen molar-refractivity contribution in [3.05, 3.63) is 55.6 Å². The lowest BCUT2D eigenvalue weighted by atomic mass is 10.2. The Kier molecular flexibility index (Phi) is 3.17. The number of carbonyl (C=O) groups is 1. The molecule has 0 saturated carbocycles. The molecule has 0 atom stereocenters. The first-order valence-electron chi connectivity index (χ1n) is 6.47. The highest BCUT2D eigenvalue weighted by molar-refractivity contribution is 7.12. The number of hydrogen-bond acceptors (Lipinski definition) is 3. The highest BCUT2D eigenvalue weighted by atomic mass is 32.1. The lowest BCUT2D eigenvalue weighted by molar-refractivity contribution is 0.0697. The molecule has 0 spiro atoms. The van der Waals surface area contributed by atoms with Gasteiger partial charge in [0, 0.05) is 9.75 Å². The number of aromatic carboxylic acids is 1. The smallest absolute Gasteiger partial charge is 0.335 e. The van der Waals surface area contributed by atoms with Crippen LogP contribution < -0.4 is 5.69 Å². The van der Waals surface area contributed by atoms with E-state index >= 15 is 0 Å². The van der Waals surface area contributed by atoms with Gasteiger partial charge in [0.15, 0.2) is 0 Å². The van der Waals surface area contributed by atoms with Crippen LogP contribution in [-0.4, -0.2) is 20.6 Å². The Labute approximate surface area is 124 Å². The molecule has 0 radical (unpaired) electrons. The third-order valence-corrected chi connectivity index (χ3v) is 4.69. The number of aromatic amines is 1. The summed E-state index contributed by atoms with van der Waals surface area (Å²) in [7, 11) is 0. The first kappa shape index (κ1) is 13.6. The van der Waals surface area contributed by atoms with Gasteiger partial charge < -0.3 is 10.1 Å². The molecule has 2 heterocycles. The Bertz CT molecular complexity index is 882. The van der Waals surface area contributed by atoms with Crippen molar-refractivity contribution < 1.29 is 9.90 Å². The highest BCUT2D eigenvalue weighted by Crippen LogP contribution is 2.22. The number of nitrogens with zero attached hydrogens (tertiary/aromatic N) is 1. The first-order chi connectivity index (χ1) is 9.95. The molecule has 2 aromatic heterocycles. The first-order valence-corrected chi connectivity index (χ1v) is 7.29. The van der Waals surface area contributed by atoms with E-state index in [-0.39, 0.29) is 11.3 Å². The number of rotatable bonds is 3. The molecule has 6 heteroatoms. The SMILES string of the molecule is Cc1cc(Cn2c(=O)[nH]c3ccc(C(=O)O)cc32)sc1C. The summed E-state index contributed by atoms with van der Waals surface area (Å²) < 4.78 is 1.58. The average molecular weight is 302 g/mol. The minimum Gasteiger partial charge on any atom is -0.478 e. The second-order valence-electron chi connectivity index (χ2n) is 5.01. The second kappa shape index (κ2) is 4.89. The molecule has 0 bridgehead atoms. The number of carboxylic acid groups (broad SMARTS) is 1. The van der Waals surface area contributed by atoms with Gasteiger partial charge in [-0.15, -0.1) is 11.3 Å². The van der Waals surface area contributed by atoms with E-state index in [1.807, 2.05) is 13.8 Å². The zero-order chi connectivity index (χ0) is 15.1. The summed E-state index contributed by atoms with van der Waals surface area (Å²) in [4.78, 5) is 28.2. The van der Waals surface area contributed by atoms with Crippen LogP contribution >= 0.6 is 11.3 Å². The summed E-state index contributed by atoms with van der Waals surface area (Å²) in [6, 6.07) is 6.71. The summed E-state index contributed by atoms with van der Waals surface area (Å²) >= 11 is 1.65. The number of imidazole rings is 1. The van der Waals surface area contributed by atoms with Crippen molar-refractivity contribution in [1.82, 2.24) is 9.55 Å². The fraction of sp³-hybridized carbons (Fsp3) is 0.200. The fourth-order valence-electron chi connectivity index (χ4n) is 2.33. The van der Waals surface area contributed by atoms with Crippen LogP contribution in [0.2, 0.25) is 0 Å². The topological polar surface area (TPSA) is 75.1 Å². The lowest BCUT2D eigenvalue weighted by Crippen LogP contribution is -2.16. The second-order valence-corrected chi connectivity index (χ2v) is 6.35. The molecule has 0 amide bonds. The minimum absolute atomic E-state index is 0.175. The van der Waals surface area contributed by atoms with Crippen LogP contribution in [0.4, 0.5) is 0 Å². The van der Waals surface area contributed by atoms with Gasteiger partial charge in [-0.1, -0.05) is 0 Å². The maximum absolute atomic E-state index is 12.1. The lowest BCUT2D eigenvalue weighted by Gasteiger charge is -2.02. The van der Waals surface area contributed by atoms with E-state index in [4.69, 9.17) is 5.11 Å². The number of thiophene rings is 1. The molecular formula is C15H14N2O3S. The number of H-pyrrole nitrogens is 1. The minimum atomic E-state index is -1.00. The standard InChI is InChI=1S/C15H14N2O3S/c1-8-5-11(21-9(8)2)7-17-13-6-10(14(18)19)3-4-12(13)16-15(17)20/h3-6H,7H2,1-2H3,(H,16,20)(H,18,19). The molecule has 3 aromatic rings. The number of nitrogens with one attached hydrogen (secondary N) is 1. The molecule has 1 aromatic carbocycles. The van der Waals surface area contributed by atoms with Gasteiger partial charge in [-0.05, 0) is 43.7 Å². The molecule has 21 heavy (non-hydrogen) atoms. The quantitative estimate of drug-likeness (QED) is 0.781. The Morgan fingerprint density at radius 2 is 2.10 bits per heavy atom. The maximum atomic E-state index is 12.1. The van der Waals surface area contributed by atoms with E-state index in [1.54, 1.807) is 22.0 Å². The van der Waals surface area contributed by atoms with Gasteiger partial charge >= 0.3 is 11.7 Å². The molecule has 5 nitrogen and oxygen atoms in total. The van der Waals surface area contributed by atoms with Crippen molar-refractivity contribution in [2.45, 2.75) is 20.4 Å². The van der Waals surface area contributed by atoms with Crippen LogP contribution in [-0.2, 0) is 6.54 Å². The van der Waals surface area contributed by atoms with Crippen molar-refractivity contribution in [1.29, 1.82) is 0 Å². The van der Waals surface area contributed by atoms with Crippen molar-refractivity contribution >= 4 is 28.3 Å². The maximum Gasteiger partial charge on any atom is 0.335 e. The summed E-state index contributed by atoms with van der Waals surface area (Å²) in [6.07, 6.45) is 0. The Hall–Kier alpha value is -2.34. The highest BCUT2D eigenvalue weighted by Gasteiger charge is 2.12. The number of carboxylic acids is 1. The van der Waals surface area contributed by atoms with Crippen LogP contribution in [0.3, 0.4) is 0 Å². The molecule has 2 N–H and O–H groups in total. The number of hydrogen-bond donors (Lipinski definition) is 2. The molecule has 0 saturated heterocycles. The molecule has 0 aliphatic carbocycles. The predicted octanol–water partition coefficient (Wildman–Crippen LogP) is 2.75. The number of aromatic nitrogens is 2.